The van der Waals surface area contributed by atoms with Crippen LogP contribution < -0.4 is 0 Å². The number of ketones is 1. The van der Waals surface area contributed by atoms with Crippen molar-refractivity contribution in [1.29, 1.82) is 0 Å². The molecule has 6 heteroatoms. The molecular formula is C13H11Cl2NOS2. The Hall–Kier alpha value is -0.550. The Morgan fingerprint density at radius 1 is 1.32 bits per heavy atom. The van der Waals surface area contributed by atoms with Crippen molar-refractivity contribution in [2.45, 2.75) is 18.9 Å². The number of hydrogen-bond donors (Lipinski definition) is 0. The van der Waals surface area contributed by atoms with E-state index in [0.29, 0.717) is 20.0 Å². The minimum Gasteiger partial charge on any atom is -0.293 e. The molecule has 2 aromatic rings. The minimum atomic E-state index is -0.0286. The van der Waals surface area contributed by atoms with E-state index in [2.05, 4.69) is 4.98 Å². The van der Waals surface area contributed by atoms with Crippen LogP contribution in [0.25, 0.3) is 0 Å². The first kappa shape index (κ1) is 14.9. The van der Waals surface area contributed by atoms with Gasteiger partial charge in [-0.25, -0.2) is 4.98 Å². The van der Waals surface area contributed by atoms with Gasteiger partial charge in [0, 0.05) is 11.3 Å². The number of aromatic nitrogens is 1. The average Bonchev–Trinajstić information content (AvgIpc) is 2.64. The second kappa shape index (κ2) is 6.27. The molecule has 2 rings (SSSR count). The zero-order chi connectivity index (χ0) is 14.0. The smallest absolute Gasteiger partial charge is 0.175 e. The Labute approximate surface area is 130 Å². The van der Waals surface area contributed by atoms with Crippen molar-refractivity contribution >= 4 is 52.1 Å². The fourth-order valence-corrected chi connectivity index (χ4v) is 4.04. The molecule has 0 aliphatic rings. The Bertz CT molecular complexity index is 605. The standard InChI is InChI=1S/C13H11Cl2NOS2/c1-7-3-8(2)16-12(4-7)18-6-10(17)9-5-11(14)19-13(9)15/h3-5H,6H2,1-2H3. The summed E-state index contributed by atoms with van der Waals surface area (Å²) >= 11 is 14.4. The summed E-state index contributed by atoms with van der Waals surface area (Å²) in [6.45, 7) is 3.95. The van der Waals surface area contributed by atoms with Gasteiger partial charge in [-0.1, -0.05) is 35.0 Å². The molecule has 100 valence electrons. The van der Waals surface area contributed by atoms with Crippen LogP contribution in [0.1, 0.15) is 21.6 Å². The number of nitrogens with zero attached hydrogens (tertiary/aromatic N) is 1. The van der Waals surface area contributed by atoms with Crippen LogP contribution in [0, 0.1) is 13.8 Å². The highest BCUT2D eigenvalue weighted by atomic mass is 35.5. The third-order valence-corrected chi connectivity index (χ3v) is 4.78. The van der Waals surface area contributed by atoms with Crippen LogP contribution in [0.3, 0.4) is 0 Å². The molecule has 0 saturated heterocycles. The summed E-state index contributed by atoms with van der Waals surface area (Å²) in [6, 6.07) is 5.58. The van der Waals surface area contributed by atoms with E-state index in [4.69, 9.17) is 23.2 Å². The van der Waals surface area contributed by atoms with E-state index in [0.717, 1.165) is 16.3 Å². The molecule has 0 unspecified atom stereocenters. The van der Waals surface area contributed by atoms with Crippen LogP contribution in [-0.4, -0.2) is 16.5 Å². The molecule has 2 nitrogen and oxygen atoms in total. The predicted molar refractivity (Wildman–Crippen MR) is 83.1 cm³/mol. The van der Waals surface area contributed by atoms with E-state index in [1.165, 1.54) is 23.1 Å². The van der Waals surface area contributed by atoms with Crippen LogP contribution in [0.2, 0.25) is 8.67 Å². The highest BCUT2D eigenvalue weighted by Crippen LogP contribution is 2.32. The quantitative estimate of drug-likeness (QED) is 0.580. The number of hydrogen-bond acceptors (Lipinski definition) is 4. The Morgan fingerprint density at radius 3 is 2.63 bits per heavy atom. The fourth-order valence-electron chi connectivity index (χ4n) is 1.63. The SMILES string of the molecule is Cc1cc(C)nc(SCC(=O)c2cc(Cl)sc2Cl)c1. The summed E-state index contributed by atoms with van der Waals surface area (Å²) in [4.78, 5) is 16.4. The van der Waals surface area contributed by atoms with E-state index in [9.17, 15) is 4.79 Å². The number of aryl methyl sites for hydroxylation is 2. The molecule has 0 radical (unpaired) electrons. The van der Waals surface area contributed by atoms with Gasteiger partial charge in [-0.05, 0) is 37.6 Å². The van der Waals surface area contributed by atoms with Crippen molar-refractivity contribution in [2.24, 2.45) is 0 Å². The summed E-state index contributed by atoms with van der Waals surface area (Å²) in [6.07, 6.45) is 0. The van der Waals surface area contributed by atoms with Crippen molar-refractivity contribution in [3.8, 4) is 0 Å². The molecular weight excluding hydrogens is 321 g/mol. The zero-order valence-corrected chi connectivity index (χ0v) is 13.5. The van der Waals surface area contributed by atoms with Gasteiger partial charge in [0.15, 0.2) is 5.78 Å². The third kappa shape index (κ3) is 3.96. The lowest BCUT2D eigenvalue weighted by atomic mass is 10.2. The average molecular weight is 332 g/mol. The van der Waals surface area contributed by atoms with Gasteiger partial charge in [0.2, 0.25) is 0 Å². The predicted octanol–water partition coefficient (Wildman–Crippen LogP) is 5.04. The van der Waals surface area contributed by atoms with Gasteiger partial charge in [0.05, 0.1) is 15.1 Å². The van der Waals surface area contributed by atoms with Gasteiger partial charge in [-0.15, -0.1) is 11.3 Å². The molecule has 0 saturated carbocycles. The number of thioether (sulfide) groups is 1. The number of carbonyl (C=O) groups excluding carboxylic acids is 1. The zero-order valence-electron chi connectivity index (χ0n) is 10.4. The van der Waals surface area contributed by atoms with E-state index in [-0.39, 0.29) is 5.78 Å². The van der Waals surface area contributed by atoms with Gasteiger partial charge in [0.1, 0.15) is 4.34 Å². The summed E-state index contributed by atoms with van der Waals surface area (Å²) < 4.78 is 0.979. The molecule has 0 aromatic carbocycles. The van der Waals surface area contributed by atoms with Gasteiger partial charge < -0.3 is 0 Å². The van der Waals surface area contributed by atoms with E-state index in [1.807, 2.05) is 26.0 Å². The molecule has 0 aliphatic carbocycles. The molecule has 0 N–H and O–H groups in total. The maximum atomic E-state index is 12.0. The summed E-state index contributed by atoms with van der Waals surface area (Å²) in [7, 11) is 0. The molecule has 0 aliphatic heterocycles. The first-order valence-electron chi connectivity index (χ1n) is 5.52. The maximum absolute atomic E-state index is 12.0. The van der Waals surface area contributed by atoms with Crippen LogP contribution in [-0.2, 0) is 0 Å². The normalized spacial score (nSPS) is 10.7. The number of thiophene rings is 1. The molecule has 19 heavy (non-hydrogen) atoms. The van der Waals surface area contributed by atoms with E-state index >= 15 is 0 Å². The van der Waals surface area contributed by atoms with Crippen molar-refractivity contribution in [2.75, 3.05) is 5.75 Å². The van der Waals surface area contributed by atoms with E-state index < -0.39 is 0 Å². The monoisotopic (exact) mass is 331 g/mol. The summed E-state index contributed by atoms with van der Waals surface area (Å²) in [5.74, 6) is 0.280. The number of rotatable bonds is 4. The third-order valence-electron chi connectivity index (χ3n) is 2.38. The lowest BCUT2D eigenvalue weighted by molar-refractivity contribution is 0.102. The van der Waals surface area contributed by atoms with Crippen molar-refractivity contribution in [3.63, 3.8) is 0 Å². The topological polar surface area (TPSA) is 30.0 Å². The molecule has 0 atom stereocenters. The van der Waals surface area contributed by atoms with Crippen LogP contribution in [0.5, 0.6) is 0 Å². The van der Waals surface area contributed by atoms with Crippen LogP contribution >= 0.6 is 46.3 Å². The molecule has 0 fully saturated rings. The first-order valence-corrected chi connectivity index (χ1v) is 8.07. The summed E-state index contributed by atoms with van der Waals surface area (Å²) in [5.41, 5.74) is 2.58. The fraction of sp³-hybridized carbons (Fsp3) is 0.231. The number of Topliss-reactive ketones (excluding diaryl/α,β-unsaturated/α-hetero) is 1. The van der Waals surface area contributed by atoms with Crippen molar-refractivity contribution in [1.82, 2.24) is 4.98 Å². The number of halogens is 2. The molecule has 2 heterocycles. The highest BCUT2D eigenvalue weighted by molar-refractivity contribution is 7.99. The Kier molecular flexibility index (Phi) is 4.90. The number of pyridine rings is 1. The lowest BCUT2D eigenvalue weighted by Gasteiger charge is -2.03. The molecule has 2 aromatic heterocycles. The second-order valence-corrected chi connectivity index (χ2v) is 7.36. The van der Waals surface area contributed by atoms with Gasteiger partial charge in [-0.2, -0.15) is 0 Å². The first-order chi connectivity index (χ1) is 8.95. The number of carbonyl (C=O) groups is 1. The highest BCUT2D eigenvalue weighted by Gasteiger charge is 2.14. The van der Waals surface area contributed by atoms with E-state index in [1.54, 1.807) is 6.07 Å². The minimum absolute atomic E-state index is 0.0286. The largest absolute Gasteiger partial charge is 0.293 e. The Balaban J connectivity index is 2.06. The van der Waals surface area contributed by atoms with Crippen molar-refractivity contribution < 1.29 is 4.79 Å². The molecule has 0 amide bonds. The van der Waals surface area contributed by atoms with Gasteiger partial charge in [0.25, 0.3) is 0 Å². The summed E-state index contributed by atoms with van der Waals surface area (Å²) in [5, 5.41) is 0.850. The van der Waals surface area contributed by atoms with Crippen LogP contribution in [0.4, 0.5) is 0 Å². The second-order valence-electron chi connectivity index (χ2n) is 4.07. The molecule has 0 spiro atoms. The maximum Gasteiger partial charge on any atom is 0.175 e. The van der Waals surface area contributed by atoms with Gasteiger partial charge >= 0.3 is 0 Å². The van der Waals surface area contributed by atoms with Gasteiger partial charge in [-0.3, -0.25) is 4.79 Å². The van der Waals surface area contributed by atoms with Crippen LogP contribution in [0.15, 0.2) is 23.2 Å². The molecule has 0 bridgehead atoms. The van der Waals surface area contributed by atoms with Crippen molar-refractivity contribution in [3.05, 3.63) is 43.7 Å². The Morgan fingerprint density at radius 2 is 2.05 bits per heavy atom. The lowest BCUT2D eigenvalue weighted by Crippen LogP contribution is -2.02.